The van der Waals surface area contributed by atoms with Crippen molar-refractivity contribution in [1.29, 1.82) is 5.41 Å². The molecular weight excluding hydrogens is 1010 g/mol. The number of aliphatic hydroxyl groups is 2. The number of aliphatic hydroxyl groups excluding tert-OH is 2. The number of nitrogens with two attached hydrogens (primary N) is 7. The topological polar surface area (TPSA) is 520 Å². The lowest BCUT2D eigenvalue weighted by Gasteiger charge is -2.28. The van der Waals surface area contributed by atoms with E-state index in [9.17, 15) is 58.5 Å². The van der Waals surface area contributed by atoms with Gasteiger partial charge in [0.2, 0.25) is 35.4 Å². The first-order chi connectivity index (χ1) is 36.6. The molecule has 0 saturated carbocycles. The molecular formula is C48H81N17O12. The molecule has 430 valence electrons. The number of benzene rings is 1. The van der Waals surface area contributed by atoms with Crippen LogP contribution in [0.25, 0.3) is 0 Å². The van der Waals surface area contributed by atoms with Gasteiger partial charge in [0.05, 0.1) is 24.8 Å². The Morgan fingerprint density at radius 2 is 1.40 bits per heavy atom. The fraction of sp³-hybridized carbons (Fsp3) is 0.604. The molecule has 0 unspecified atom stereocenters. The maximum atomic E-state index is 14.3. The van der Waals surface area contributed by atoms with Crippen LogP contribution in [0.2, 0.25) is 0 Å². The van der Waals surface area contributed by atoms with Crippen LogP contribution in [0.1, 0.15) is 81.8 Å². The first kappa shape index (κ1) is 66.1. The highest BCUT2D eigenvalue weighted by atomic mass is 16.4. The van der Waals surface area contributed by atoms with Crippen LogP contribution >= 0.6 is 0 Å². The van der Waals surface area contributed by atoms with Crippen LogP contribution in [0.4, 0.5) is 0 Å². The van der Waals surface area contributed by atoms with Gasteiger partial charge in [-0.3, -0.25) is 43.8 Å². The lowest BCUT2D eigenvalue weighted by Crippen LogP contribution is -2.63. The summed E-state index contributed by atoms with van der Waals surface area (Å²) in [6.45, 7) is 0.693. The zero-order valence-corrected chi connectivity index (χ0v) is 43.6. The summed E-state index contributed by atoms with van der Waals surface area (Å²) >= 11 is 0. The van der Waals surface area contributed by atoms with Crippen LogP contribution < -0.4 is 77.4 Å². The van der Waals surface area contributed by atoms with Gasteiger partial charge in [0, 0.05) is 32.6 Å². The Morgan fingerprint density at radius 3 is 2.00 bits per heavy atom. The number of nitrogens with one attached hydrogen (secondary N) is 8. The van der Waals surface area contributed by atoms with Crippen molar-refractivity contribution in [2.24, 2.45) is 45.1 Å². The summed E-state index contributed by atoms with van der Waals surface area (Å²) in [4.78, 5) is 127. The highest BCUT2D eigenvalue weighted by molar-refractivity contribution is 6.40. The molecule has 1 saturated heterocycles. The summed E-state index contributed by atoms with van der Waals surface area (Å²) in [5.74, 6) is -9.19. The minimum absolute atomic E-state index is 0.0325. The number of likely N-dealkylation sites (tertiary alicyclic amines) is 1. The van der Waals surface area contributed by atoms with Crippen molar-refractivity contribution < 1.29 is 58.5 Å². The van der Waals surface area contributed by atoms with Crippen LogP contribution in [0.3, 0.4) is 0 Å². The Kier molecular flexibility index (Phi) is 30.4. The van der Waals surface area contributed by atoms with Crippen molar-refractivity contribution in [1.82, 2.24) is 42.1 Å². The van der Waals surface area contributed by atoms with Crippen molar-refractivity contribution >= 4 is 64.9 Å². The lowest BCUT2D eigenvalue weighted by atomic mass is 10.0. The maximum Gasteiger partial charge on any atom is 0.352 e. The molecule has 0 spiro atoms. The highest BCUT2D eigenvalue weighted by Gasteiger charge is 2.39. The third-order valence-corrected chi connectivity index (χ3v) is 12.1. The van der Waals surface area contributed by atoms with Gasteiger partial charge < -0.3 is 97.6 Å². The zero-order valence-electron chi connectivity index (χ0n) is 43.6. The van der Waals surface area contributed by atoms with E-state index in [1.807, 2.05) is 13.0 Å². The number of aliphatic imine (C=N–C) groups is 1. The number of amides is 8. The van der Waals surface area contributed by atoms with Crippen molar-refractivity contribution in [3.63, 3.8) is 0 Å². The van der Waals surface area contributed by atoms with E-state index in [2.05, 4.69) is 42.2 Å². The molecule has 0 radical (unpaired) electrons. The smallest absolute Gasteiger partial charge is 0.352 e. The Balaban J connectivity index is 2.37. The molecule has 1 aliphatic rings. The molecule has 1 aromatic carbocycles. The van der Waals surface area contributed by atoms with Gasteiger partial charge in [0.25, 0.3) is 11.8 Å². The number of guanidine groups is 1. The van der Waals surface area contributed by atoms with Gasteiger partial charge in [-0.2, -0.15) is 0 Å². The Morgan fingerprint density at radius 1 is 0.779 bits per heavy atom. The van der Waals surface area contributed by atoms with Crippen LogP contribution in [0, 0.1) is 12.3 Å². The molecule has 2 rings (SSSR count). The molecule has 29 nitrogen and oxygen atoms in total. The monoisotopic (exact) mass is 1090 g/mol. The van der Waals surface area contributed by atoms with E-state index in [0.29, 0.717) is 44.2 Å². The van der Waals surface area contributed by atoms with Gasteiger partial charge in [-0.1, -0.05) is 42.3 Å². The average Bonchev–Trinajstić information content (AvgIpc) is 3.90. The number of aryl methyl sites for hydroxylation is 1. The molecule has 8 amide bonds. The van der Waals surface area contributed by atoms with Gasteiger partial charge in [-0.25, -0.2) is 9.79 Å². The quantitative estimate of drug-likeness (QED) is 0.0130. The second-order valence-electron chi connectivity index (χ2n) is 18.3. The zero-order chi connectivity index (χ0) is 57.6. The lowest BCUT2D eigenvalue weighted by molar-refractivity contribution is -0.137. The van der Waals surface area contributed by atoms with Gasteiger partial charge >= 0.3 is 5.97 Å². The van der Waals surface area contributed by atoms with Crippen LogP contribution in [-0.4, -0.2) is 186 Å². The van der Waals surface area contributed by atoms with E-state index in [-0.39, 0.29) is 82.8 Å². The number of aliphatic carboxylic acids is 1. The molecule has 0 aromatic heterocycles. The summed E-state index contributed by atoms with van der Waals surface area (Å²) in [7, 11) is 0. The standard InChI is InChI=1S/C48H81N17O12/c1-27-10-6-11-28(22-27)23-33(42(71)60-30(13-3-5-18-50)41(70)61-32(47(76)77)15-8-20-57-48(55)56)62-43(72)34-16-9-21-65(34)46(75)31(14-7-19-51)59-37(68)26-58-44(73)38(35(66)24-52)64-45(74)39(36(67)25-53)63-40(69)29(54)12-2-4-17-49/h6,10-11,15,22,29-30,33-36,38-39,66-67H,2-5,7-9,12-14,16-21,23-26,49-54H2,1H3,(H,58,73)(H,60,71)(H,61,70)(H,62,72)(H,63,69)(H,64,74)(H,76,77)(H4,55,56,57)/b32-15-,59-31+/t29-,30-,33-,34-,35-,36-,38-,39-/m0/s1. The van der Waals surface area contributed by atoms with Gasteiger partial charge in [-0.15, -0.1) is 0 Å². The molecule has 0 bridgehead atoms. The van der Waals surface area contributed by atoms with Crippen molar-refractivity contribution in [2.75, 3.05) is 52.4 Å². The van der Waals surface area contributed by atoms with Gasteiger partial charge in [0.1, 0.15) is 41.6 Å². The van der Waals surface area contributed by atoms with E-state index in [1.165, 1.54) is 11.0 Å². The van der Waals surface area contributed by atoms with E-state index >= 15 is 0 Å². The second kappa shape index (κ2) is 35.4. The Hall–Kier alpha value is -6.99. The molecule has 1 aromatic rings. The summed E-state index contributed by atoms with van der Waals surface area (Å²) in [6.07, 6.45) is 0.415. The number of carboxylic acid groups (broad SMARTS) is 1. The molecule has 1 fully saturated rings. The van der Waals surface area contributed by atoms with Gasteiger partial charge in [0.15, 0.2) is 5.96 Å². The minimum Gasteiger partial charge on any atom is -0.477 e. The van der Waals surface area contributed by atoms with Crippen LogP contribution in [-0.2, 0) is 49.6 Å². The number of nitrogens with zero attached hydrogens (tertiary/aromatic N) is 2. The van der Waals surface area contributed by atoms with Crippen molar-refractivity contribution in [3.8, 4) is 0 Å². The second-order valence-corrected chi connectivity index (χ2v) is 18.3. The van der Waals surface area contributed by atoms with E-state index in [0.717, 1.165) is 5.56 Å². The number of carboxylic acids is 1. The largest absolute Gasteiger partial charge is 0.477 e. The predicted octanol–water partition coefficient (Wildman–Crippen LogP) is -6.53. The van der Waals surface area contributed by atoms with E-state index < -0.39 is 127 Å². The third kappa shape index (κ3) is 23.4. The van der Waals surface area contributed by atoms with E-state index in [1.54, 1.807) is 18.2 Å². The number of hydrogen-bond acceptors (Lipinski definition) is 18. The highest BCUT2D eigenvalue weighted by Crippen LogP contribution is 2.20. The number of carbonyl (C=O) groups excluding carboxylic acids is 8. The van der Waals surface area contributed by atoms with Crippen molar-refractivity contribution in [2.45, 2.75) is 132 Å². The molecule has 0 aliphatic carbocycles. The molecule has 1 heterocycles. The summed E-state index contributed by atoms with van der Waals surface area (Å²) in [5, 5.41) is 55.3. The average molecular weight is 1090 g/mol. The fourth-order valence-corrected chi connectivity index (χ4v) is 7.90. The minimum atomic E-state index is -1.84. The van der Waals surface area contributed by atoms with E-state index in [4.69, 9.17) is 45.5 Å². The first-order valence-electron chi connectivity index (χ1n) is 25.5. The SMILES string of the molecule is Cc1cccc(C[C@H](NC(=O)[C@@H]2CCCN2C(=O)/C(CCCN)=N/C(=O)CNC(=O)[C@@H](NC(=O)[C@@H](NC(=O)[C@@H](N)CCCCN)[C@@H](O)CN)[C@@H](O)CN)C(=O)N[C@@H](CCCCN)C(=O)N/C(=C\CCNC(=N)N)C(=O)O)c1. The van der Waals surface area contributed by atoms with Crippen LogP contribution in [0.5, 0.6) is 0 Å². The van der Waals surface area contributed by atoms with Crippen LogP contribution in [0.15, 0.2) is 41.0 Å². The predicted molar refractivity (Wildman–Crippen MR) is 283 cm³/mol. The summed E-state index contributed by atoms with van der Waals surface area (Å²) in [5.41, 5.74) is 40.0. The summed E-state index contributed by atoms with van der Waals surface area (Å²) < 4.78 is 0. The fourth-order valence-electron chi connectivity index (χ4n) is 7.90. The maximum absolute atomic E-state index is 14.3. The Bertz CT molecular complexity index is 2230. The van der Waals surface area contributed by atoms with Gasteiger partial charge in [-0.05, 0) is 96.3 Å². The van der Waals surface area contributed by atoms with Crippen molar-refractivity contribution in [3.05, 3.63) is 47.2 Å². The Labute approximate surface area is 446 Å². The molecule has 8 atom stereocenters. The number of rotatable bonds is 35. The normalized spacial score (nSPS) is 16.3. The number of carbonyl (C=O) groups is 9. The molecule has 1 aliphatic heterocycles. The molecule has 29 heteroatoms. The summed E-state index contributed by atoms with van der Waals surface area (Å²) in [6, 6.07) is -1.38. The number of unbranched alkanes of at least 4 members (excludes halogenated alkanes) is 2. The first-order valence-corrected chi connectivity index (χ1v) is 25.5. The molecule has 25 N–H and O–H groups in total. The number of hydrogen-bond donors (Lipinski definition) is 18. The molecule has 77 heavy (non-hydrogen) atoms. The third-order valence-electron chi connectivity index (χ3n) is 12.1.